The molecule has 1 amide bonds. The van der Waals surface area contributed by atoms with Gasteiger partial charge in [-0.25, -0.2) is 19.2 Å². The van der Waals surface area contributed by atoms with E-state index in [4.69, 9.17) is 4.74 Å². The first-order chi connectivity index (χ1) is 16.9. The fraction of sp³-hybridized carbons (Fsp3) is 0.240. The monoisotopic (exact) mass is 475 g/mol. The van der Waals surface area contributed by atoms with Gasteiger partial charge in [0.05, 0.1) is 10.9 Å². The number of rotatable bonds is 7. The number of hydrogen-bond acceptors (Lipinski definition) is 6. The van der Waals surface area contributed by atoms with Crippen molar-refractivity contribution in [3.63, 3.8) is 0 Å². The third-order valence-electron chi connectivity index (χ3n) is 5.82. The molecule has 0 saturated heterocycles. The highest BCUT2D eigenvalue weighted by Gasteiger charge is 2.28. The van der Waals surface area contributed by atoms with E-state index < -0.39 is 23.0 Å². The first-order valence-electron chi connectivity index (χ1n) is 11.3. The van der Waals surface area contributed by atoms with E-state index in [1.807, 2.05) is 0 Å². The van der Waals surface area contributed by atoms with Crippen LogP contribution >= 0.6 is 0 Å². The molecule has 0 bridgehead atoms. The minimum absolute atomic E-state index is 0.0468. The van der Waals surface area contributed by atoms with Gasteiger partial charge >= 0.3 is 5.69 Å². The van der Waals surface area contributed by atoms with Crippen molar-refractivity contribution in [2.24, 2.45) is 0 Å². The molecule has 0 unspecified atom stereocenters. The van der Waals surface area contributed by atoms with Crippen molar-refractivity contribution in [3.05, 3.63) is 92.1 Å². The number of amides is 1. The number of hydrogen-bond donors (Lipinski definition) is 2. The third kappa shape index (κ3) is 4.54. The summed E-state index contributed by atoms with van der Waals surface area (Å²) in [5.74, 6) is -0.245. The summed E-state index contributed by atoms with van der Waals surface area (Å²) >= 11 is 0. The summed E-state index contributed by atoms with van der Waals surface area (Å²) in [6, 6.07) is 10.7. The first kappa shape index (κ1) is 22.5. The number of carbonyl (C=O) groups excluding carboxylic acids is 1. The normalized spacial score (nSPS) is 13.1. The van der Waals surface area contributed by atoms with Gasteiger partial charge in [0.1, 0.15) is 11.6 Å². The van der Waals surface area contributed by atoms with Crippen LogP contribution in [0, 0.1) is 5.82 Å². The lowest BCUT2D eigenvalue weighted by atomic mass is 10.1. The summed E-state index contributed by atoms with van der Waals surface area (Å²) in [5, 5.41) is 2.88. The van der Waals surface area contributed by atoms with Crippen molar-refractivity contribution < 1.29 is 13.9 Å². The maximum Gasteiger partial charge on any atom is 0.329 e. The lowest BCUT2D eigenvalue weighted by Gasteiger charge is -2.13. The maximum atomic E-state index is 13.5. The number of fused-ring (bicyclic) bond motifs is 1. The fourth-order valence-corrected chi connectivity index (χ4v) is 3.92. The minimum atomic E-state index is -0.661. The molecule has 1 aliphatic rings. The summed E-state index contributed by atoms with van der Waals surface area (Å²) < 4.78 is 20.6. The molecule has 1 aliphatic carbocycles. The van der Waals surface area contributed by atoms with Gasteiger partial charge in [0, 0.05) is 42.5 Å². The molecule has 9 nitrogen and oxygen atoms in total. The zero-order chi connectivity index (χ0) is 24.5. The highest BCUT2D eigenvalue weighted by Crippen LogP contribution is 2.39. The molecule has 1 saturated carbocycles. The summed E-state index contributed by atoms with van der Waals surface area (Å²) in [5.41, 5.74) is 0.373. The molecule has 5 rings (SSSR count). The highest BCUT2D eigenvalue weighted by atomic mass is 19.1. The Hall–Kier alpha value is -4.34. The van der Waals surface area contributed by atoms with Gasteiger partial charge in [-0.3, -0.25) is 19.1 Å². The van der Waals surface area contributed by atoms with Crippen molar-refractivity contribution in [1.29, 1.82) is 0 Å². The van der Waals surface area contributed by atoms with Gasteiger partial charge in [0.15, 0.2) is 5.65 Å². The van der Waals surface area contributed by atoms with Crippen LogP contribution in [0.1, 0.15) is 47.3 Å². The second-order valence-electron chi connectivity index (χ2n) is 8.28. The van der Waals surface area contributed by atoms with Crippen LogP contribution in [0.3, 0.4) is 0 Å². The molecule has 0 atom stereocenters. The lowest BCUT2D eigenvalue weighted by molar-refractivity contribution is 0.0952. The van der Waals surface area contributed by atoms with Crippen LogP contribution in [0.2, 0.25) is 0 Å². The minimum Gasteiger partial charge on any atom is -0.439 e. The first-order valence-corrected chi connectivity index (χ1v) is 11.3. The molecule has 0 radical (unpaired) electrons. The molecule has 1 fully saturated rings. The van der Waals surface area contributed by atoms with Crippen LogP contribution in [0.15, 0.2) is 58.3 Å². The molecular formula is C25H22FN5O4. The Morgan fingerprint density at radius 2 is 2.06 bits per heavy atom. The molecule has 178 valence electrons. The van der Waals surface area contributed by atoms with Crippen LogP contribution in [0.25, 0.3) is 11.0 Å². The Balaban J connectivity index is 1.47. The number of nitrogens with zero attached hydrogens (tertiary/aromatic N) is 3. The number of halogens is 1. The van der Waals surface area contributed by atoms with Gasteiger partial charge in [-0.2, -0.15) is 0 Å². The Morgan fingerprint density at radius 1 is 1.23 bits per heavy atom. The van der Waals surface area contributed by atoms with Gasteiger partial charge in [-0.1, -0.05) is 12.1 Å². The van der Waals surface area contributed by atoms with Crippen LogP contribution < -0.4 is 21.3 Å². The fourth-order valence-electron chi connectivity index (χ4n) is 3.92. The number of H-pyrrole nitrogens is 1. The molecule has 2 N–H and O–H groups in total. The number of aromatic nitrogens is 4. The summed E-state index contributed by atoms with van der Waals surface area (Å²) in [6.45, 7) is 2.11. The van der Waals surface area contributed by atoms with Gasteiger partial charge in [0.25, 0.3) is 11.5 Å². The zero-order valence-electron chi connectivity index (χ0n) is 18.9. The summed E-state index contributed by atoms with van der Waals surface area (Å²) in [4.78, 5) is 49.3. The van der Waals surface area contributed by atoms with E-state index in [2.05, 4.69) is 20.3 Å². The number of ether oxygens (including phenoxy) is 1. The van der Waals surface area contributed by atoms with Crippen LogP contribution in [-0.4, -0.2) is 25.4 Å². The smallest absolute Gasteiger partial charge is 0.329 e. The Kier molecular flexibility index (Phi) is 5.86. The molecule has 3 aromatic heterocycles. The Morgan fingerprint density at radius 3 is 2.80 bits per heavy atom. The predicted molar refractivity (Wildman–Crippen MR) is 126 cm³/mol. The molecule has 10 heteroatoms. The SMILES string of the molecule is CCn1c(=O)[nH]c(=O)c2c(C(=O)NCc3cccnc3Oc3cccc(F)c3)cc(C3CC3)nc21. The molecule has 3 heterocycles. The second kappa shape index (κ2) is 9.13. The largest absolute Gasteiger partial charge is 0.439 e. The lowest BCUT2D eigenvalue weighted by Crippen LogP contribution is -2.33. The van der Waals surface area contributed by atoms with Gasteiger partial charge in [-0.05, 0) is 44.0 Å². The average molecular weight is 475 g/mol. The van der Waals surface area contributed by atoms with Crippen LogP contribution in [0.4, 0.5) is 4.39 Å². The van der Waals surface area contributed by atoms with Gasteiger partial charge < -0.3 is 10.1 Å². The molecular weight excluding hydrogens is 453 g/mol. The van der Waals surface area contributed by atoms with Crippen molar-refractivity contribution >= 4 is 16.9 Å². The summed E-state index contributed by atoms with van der Waals surface area (Å²) in [6.07, 6.45) is 3.41. The molecule has 35 heavy (non-hydrogen) atoms. The van der Waals surface area contributed by atoms with Crippen molar-refractivity contribution in [3.8, 4) is 11.6 Å². The number of pyridine rings is 2. The van der Waals surface area contributed by atoms with Crippen molar-refractivity contribution in [1.82, 2.24) is 24.8 Å². The summed E-state index contributed by atoms with van der Waals surface area (Å²) in [7, 11) is 0. The Bertz CT molecular complexity index is 1560. The van der Waals surface area contributed by atoms with E-state index in [9.17, 15) is 18.8 Å². The van der Waals surface area contributed by atoms with E-state index in [-0.39, 0.29) is 40.7 Å². The van der Waals surface area contributed by atoms with E-state index in [0.717, 1.165) is 12.8 Å². The van der Waals surface area contributed by atoms with E-state index in [1.165, 1.54) is 29.0 Å². The molecule has 0 spiro atoms. The van der Waals surface area contributed by atoms with E-state index in [1.54, 1.807) is 31.2 Å². The quantitative estimate of drug-likeness (QED) is 0.424. The van der Waals surface area contributed by atoms with Crippen LogP contribution in [0.5, 0.6) is 11.6 Å². The van der Waals surface area contributed by atoms with Crippen molar-refractivity contribution in [2.45, 2.75) is 38.8 Å². The highest BCUT2D eigenvalue weighted by molar-refractivity contribution is 6.05. The zero-order valence-corrected chi connectivity index (χ0v) is 18.9. The van der Waals surface area contributed by atoms with Crippen LogP contribution in [-0.2, 0) is 13.1 Å². The molecule has 4 aromatic rings. The third-order valence-corrected chi connectivity index (χ3v) is 5.82. The number of nitrogens with one attached hydrogen (secondary N) is 2. The Labute approximate surface area is 198 Å². The van der Waals surface area contributed by atoms with Gasteiger partial charge in [-0.15, -0.1) is 0 Å². The van der Waals surface area contributed by atoms with Crippen molar-refractivity contribution in [2.75, 3.05) is 0 Å². The standard InChI is InChI=1S/C25H22FN5O4/c1-2-31-21-20(23(33)30-25(31)34)18(12-19(29-21)14-8-9-14)22(32)28-13-15-5-4-10-27-24(15)35-17-7-3-6-16(26)11-17/h3-7,10-12,14H,2,8-9,13H2,1H3,(H,28,32)(H,30,33,34). The molecule has 1 aromatic carbocycles. The van der Waals surface area contributed by atoms with E-state index >= 15 is 0 Å². The van der Waals surface area contributed by atoms with Gasteiger partial charge in [0.2, 0.25) is 5.88 Å². The number of aryl methyl sites for hydroxylation is 1. The molecule has 0 aliphatic heterocycles. The maximum absolute atomic E-state index is 13.5. The predicted octanol–water partition coefficient (Wildman–Crippen LogP) is 3.24. The average Bonchev–Trinajstić information content (AvgIpc) is 3.68. The second-order valence-corrected chi connectivity index (χ2v) is 8.28. The topological polar surface area (TPSA) is 119 Å². The van der Waals surface area contributed by atoms with E-state index in [0.29, 0.717) is 17.8 Å². The number of aromatic amines is 1. The number of carbonyl (C=O) groups is 1. The number of benzene rings is 1.